The first kappa shape index (κ1) is 14.8. The Morgan fingerprint density at radius 2 is 1.65 bits per heavy atom. The number of aromatic nitrogens is 2. The van der Waals surface area contributed by atoms with Crippen molar-refractivity contribution in [1.82, 2.24) is 19.8 Å². The van der Waals surface area contributed by atoms with Crippen LogP contribution in [0.4, 0.5) is 0 Å². The Kier molecular flexibility index (Phi) is 4.93. The molecule has 0 amide bonds. The topological polar surface area (TPSA) is 35.2 Å². The zero-order valence-corrected chi connectivity index (χ0v) is 12.8. The maximum absolute atomic E-state index is 4.24. The standard InChI is InChI=1S/C16H24N4/c1-13-17-9-16(18-13)12-20(4)11-15-8-6-5-7-14(15)10-19(2)3/h5-9H,10-12H2,1-4H3,(H,17,18). The van der Waals surface area contributed by atoms with Crippen molar-refractivity contribution < 1.29 is 0 Å². The van der Waals surface area contributed by atoms with E-state index in [-0.39, 0.29) is 0 Å². The molecule has 2 rings (SSSR count). The third kappa shape index (κ3) is 4.18. The van der Waals surface area contributed by atoms with Gasteiger partial charge in [-0.15, -0.1) is 0 Å². The van der Waals surface area contributed by atoms with Gasteiger partial charge in [-0.25, -0.2) is 4.98 Å². The summed E-state index contributed by atoms with van der Waals surface area (Å²) in [6.07, 6.45) is 1.91. The zero-order chi connectivity index (χ0) is 14.5. The Labute approximate surface area is 121 Å². The van der Waals surface area contributed by atoms with Gasteiger partial charge in [0.05, 0.1) is 0 Å². The van der Waals surface area contributed by atoms with Crippen molar-refractivity contribution in [3.05, 3.63) is 53.1 Å². The van der Waals surface area contributed by atoms with E-state index >= 15 is 0 Å². The number of nitrogens with one attached hydrogen (secondary N) is 1. The van der Waals surface area contributed by atoms with Crippen molar-refractivity contribution in [2.45, 2.75) is 26.6 Å². The Balaban J connectivity index is 2.01. The molecular weight excluding hydrogens is 248 g/mol. The van der Waals surface area contributed by atoms with Gasteiger partial charge in [-0.1, -0.05) is 24.3 Å². The maximum atomic E-state index is 4.24. The van der Waals surface area contributed by atoms with Gasteiger partial charge in [-0.05, 0) is 39.2 Å². The highest BCUT2D eigenvalue weighted by Crippen LogP contribution is 2.14. The molecule has 0 aliphatic rings. The summed E-state index contributed by atoms with van der Waals surface area (Å²) in [4.78, 5) is 12.0. The molecule has 0 fully saturated rings. The van der Waals surface area contributed by atoms with Crippen LogP contribution in [0.2, 0.25) is 0 Å². The van der Waals surface area contributed by atoms with E-state index in [0.29, 0.717) is 0 Å². The van der Waals surface area contributed by atoms with Gasteiger partial charge in [0, 0.05) is 31.5 Å². The van der Waals surface area contributed by atoms with E-state index in [1.165, 1.54) is 11.1 Å². The molecule has 2 aromatic rings. The van der Waals surface area contributed by atoms with Gasteiger partial charge in [0.2, 0.25) is 0 Å². The van der Waals surface area contributed by atoms with Crippen LogP contribution in [0.15, 0.2) is 30.5 Å². The molecule has 0 aliphatic carbocycles. The number of imidazole rings is 1. The number of rotatable bonds is 6. The first-order chi connectivity index (χ1) is 9.54. The summed E-state index contributed by atoms with van der Waals surface area (Å²) >= 11 is 0. The average molecular weight is 272 g/mol. The number of H-pyrrole nitrogens is 1. The summed E-state index contributed by atoms with van der Waals surface area (Å²) in [7, 11) is 6.35. The smallest absolute Gasteiger partial charge is 0.103 e. The number of nitrogens with zero attached hydrogens (tertiary/aromatic N) is 3. The van der Waals surface area contributed by atoms with Crippen LogP contribution in [0.3, 0.4) is 0 Å². The number of hydrogen-bond acceptors (Lipinski definition) is 3. The first-order valence-electron chi connectivity index (χ1n) is 6.95. The predicted molar refractivity (Wildman–Crippen MR) is 82.3 cm³/mol. The predicted octanol–water partition coefficient (Wildman–Crippen LogP) is 2.41. The average Bonchev–Trinajstić information content (AvgIpc) is 2.76. The third-order valence-electron chi connectivity index (χ3n) is 3.24. The van der Waals surface area contributed by atoms with E-state index in [1.54, 1.807) is 0 Å². The normalized spacial score (nSPS) is 11.5. The minimum absolute atomic E-state index is 0.886. The fourth-order valence-corrected chi connectivity index (χ4v) is 2.40. The van der Waals surface area contributed by atoms with Gasteiger partial charge in [-0.3, -0.25) is 4.90 Å². The molecule has 0 spiro atoms. The summed E-state index contributed by atoms with van der Waals surface area (Å²) in [5, 5.41) is 0. The van der Waals surface area contributed by atoms with E-state index in [9.17, 15) is 0 Å². The lowest BCUT2D eigenvalue weighted by atomic mass is 10.1. The number of benzene rings is 1. The Hall–Kier alpha value is -1.65. The van der Waals surface area contributed by atoms with Crippen LogP contribution < -0.4 is 0 Å². The van der Waals surface area contributed by atoms with Crippen LogP contribution in [0.25, 0.3) is 0 Å². The highest BCUT2D eigenvalue weighted by Gasteiger charge is 2.07. The van der Waals surface area contributed by atoms with Crippen LogP contribution >= 0.6 is 0 Å². The fourth-order valence-electron chi connectivity index (χ4n) is 2.40. The minimum Gasteiger partial charge on any atom is -0.345 e. The molecule has 0 unspecified atom stereocenters. The van der Waals surface area contributed by atoms with Gasteiger partial charge in [0.1, 0.15) is 5.82 Å². The number of hydrogen-bond donors (Lipinski definition) is 1. The van der Waals surface area contributed by atoms with Crippen LogP contribution in [0.5, 0.6) is 0 Å². The van der Waals surface area contributed by atoms with Crippen molar-refractivity contribution in [3.8, 4) is 0 Å². The zero-order valence-electron chi connectivity index (χ0n) is 12.8. The Bertz CT molecular complexity index is 545. The van der Waals surface area contributed by atoms with Crippen molar-refractivity contribution in [2.75, 3.05) is 21.1 Å². The lowest BCUT2D eigenvalue weighted by Crippen LogP contribution is -2.20. The monoisotopic (exact) mass is 272 g/mol. The van der Waals surface area contributed by atoms with Gasteiger partial charge >= 0.3 is 0 Å². The molecule has 1 aromatic carbocycles. The first-order valence-corrected chi connectivity index (χ1v) is 6.95. The second-order valence-corrected chi connectivity index (χ2v) is 5.67. The molecule has 0 saturated carbocycles. The SMILES string of the molecule is Cc1ncc(CN(C)Cc2ccccc2CN(C)C)[nH]1. The summed E-state index contributed by atoms with van der Waals surface area (Å²) in [6.45, 7) is 4.79. The Morgan fingerprint density at radius 3 is 2.20 bits per heavy atom. The molecule has 0 saturated heterocycles. The summed E-state index contributed by atoms with van der Waals surface area (Å²) in [5.41, 5.74) is 3.94. The number of aromatic amines is 1. The van der Waals surface area contributed by atoms with Crippen LogP contribution in [0, 0.1) is 6.92 Å². The quantitative estimate of drug-likeness (QED) is 0.877. The second-order valence-electron chi connectivity index (χ2n) is 5.67. The molecule has 0 bridgehead atoms. The highest BCUT2D eigenvalue weighted by molar-refractivity contribution is 5.27. The summed E-state index contributed by atoms with van der Waals surface area (Å²) in [6, 6.07) is 8.65. The molecule has 0 atom stereocenters. The van der Waals surface area contributed by atoms with E-state index < -0.39 is 0 Å². The third-order valence-corrected chi connectivity index (χ3v) is 3.24. The molecule has 4 nitrogen and oxygen atoms in total. The van der Waals surface area contributed by atoms with Gasteiger partial charge in [0.25, 0.3) is 0 Å². The maximum Gasteiger partial charge on any atom is 0.103 e. The van der Waals surface area contributed by atoms with Crippen molar-refractivity contribution in [1.29, 1.82) is 0 Å². The van der Waals surface area contributed by atoms with Crippen LogP contribution in [-0.4, -0.2) is 40.9 Å². The molecule has 1 N–H and O–H groups in total. The molecule has 108 valence electrons. The fraction of sp³-hybridized carbons (Fsp3) is 0.438. The number of aryl methyl sites for hydroxylation is 1. The highest BCUT2D eigenvalue weighted by atomic mass is 15.1. The Morgan fingerprint density at radius 1 is 1.00 bits per heavy atom. The molecule has 1 aromatic heterocycles. The molecule has 1 heterocycles. The van der Waals surface area contributed by atoms with Crippen molar-refractivity contribution >= 4 is 0 Å². The van der Waals surface area contributed by atoms with Crippen LogP contribution in [0.1, 0.15) is 22.6 Å². The van der Waals surface area contributed by atoms with Gasteiger partial charge < -0.3 is 9.88 Å². The van der Waals surface area contributed by atoms with E-state index in [1.807, 2.05) is 13.1 Å². The molecule has 4 heteroatoms. The van der Waals surface area contributed by atoms with E-state index in [0.717, 1.165) is 31.2 Å². The summed E-state index contributed by atoms with van der Waals surface area (Å²) in [5.74, 6) is 0.974. The molecule has 0 radical (unpaired) electrons. The van der Waals surface area contributed by atoms with E-state index in [2.05, 4.69) is 65.2 Å². The lowest BCUT2D eigenvalue weighted by Gasteiger charge is -2.19. The van der Waals surface area contributed by atoms with Gasteiger partial charge in [0.15, 0.2) is 0 Å². The second kappa shape index (κ2) is 6.68. The summed E-state index contributed by atoms with van der Waals surface area (Å²) < 4.78 is 0. The van der Waals surface area contributed by atoms with Crippen LogP contribution in [-0.2, 0) is 19.6 Å². The molecule has 20 heavy (non-hydrogen) atoms. The lowest BCUT2D eigenvalue weighted by molar-refractivity contribution is 0.311. The molecular formula is C16H24N4. The molecule has 0 aliphatic heterocycles. The minimum atomic E-state index is 0.886. The van der Waals surface area contributed by atoms with Crippen molar-refractivity contribution in [2.24, 2.45) is 0 Å². The van der Waals surface area contributed by atoms with Gasteiger partial charge in [-0.2, -0.15) is 0 Å². The van der Waals surface area contributed by atoms with Crippen molar-refractivity contribution in [3.63, 3.8) is 0 Å². The van der Waals surface area contributed by atoms with E-state index in [4.69, 9.17) is 0 Å². The largest absolute Gasteiger partial charge is 0.345 e.